The predicted octanol–water partition coefficient (Wildman–Crippen LogP) is 0.973. The zero-order valence-electron chi connectivity index (χ0n) is 9.40. The van der Waals surface area contributed by atoms with Crippen LogP contribution in [0.15, 0.2) is 12.4 Å². The Hall–Kier alpha value is -1.16. The Kier molecular flexibility index (Phi) is 3.16. The molecule has 4 heteroatoms. The number of nitrogens with zero attached hydrogens (tertiary/aromatic N) is 3. The van der Waals surface area contributed by atoms with E-state index in [1.807, 2.05) is 6.92 Å². The molecule has 0 radical (unpaired) electrons. The van der Waals surface area contributed by atoms with Gasteiger partial charge < -0.3 is 10.2 Å². The minimum Gasteiger partial charge on any atom is -0.354 e. The quantitative estimate of drug-likeness (QED) is 0.783. The molecule has 1 N–H and O–H groups in total. The molecule has 1 aliphatic heterocycles. The van der Waals surface area contributed by atoms with E-state index in [1.165, 1.54) is 12.8 Å². The van der Waals surface area contributed by atoms with Crippen LogP contribution in [0.3, 0.4) is 0 Å². The van der Waals surface area contributed by atoms with E-state index in [2.05, 4.69) is 27.2 Å². The number of anilines is 1. The van der Waals surface area contributed by atoms with Gasteiger partial charge in [0, 0.05) is 32.0 Å². The number of rotatable bonds is 2. The highest BCUT2D eigenvalue weighted by molar-refractivity contribution is 5.42. The van der Waals surface area contributed by atoms with Crippen LogP contribution in [0.2, 0.25) is 0 Å². The van der Waals surface area contributed by atoms with Gasteiger partial charge in [-0.05, 0) is 26.3 Å². The fraction of sp³-hybridized carbons (Fsp3) is 0.636. The van der Waals surface area contributed by atoms with Gasteiger partial charge in [0.2, 0.25) is 0 Å². The number of hydrogen-bond acceptors (Lipinski definition) is 4. The molecule has 0 aromatic carbocycles. The molecular weight excluding hydrogens is 188 g/mol. The van der Waals surface area contributed by atoms with Crippen LogP contribution < -0.4 is 10.2 Å². The first kappa shape index (κ1) is 10.4. The highest BCUT2D eigenvalue weighted by Crippen LogP contribution is 2.18. The van der Waals surface area contributed by atoms with Crippen LogP contribution in [0, 0.1) is 6.92 Å². The largest absolute Gasteiger partial charge is 0.354 e. The third-order valence-corrected chi connectivity index (χ3v) is 3.01. The van der Waals surface area contributed by atoms with Crippen molar-refractivity contribution < 1.29 is 0 Å². The zero-order valence-corrected chi connectivity index (χ0v) is 9.40. The molecule has 2 rings (SSSR count). The first-order chi connectivity index (χ1) is 7.29. The number of aromatic nitrogens is 2. The molecule has 1 aliphatic rings. The lowest BCUT2D eigenvalue weighted by Gasteiger charge is -2.32. The lowest BCUT2D eigenvalue weighted by molar-refractivity contribution is 0.442. The van der Waals surface area contributed by atoms with Crippen molar-refractivity contribution >= 4 is 5.82 Å². The molecule has 82 valence electrons. The highest BCUT2D eigenvalue weighted by atomic mass is 15.2. The zero-order chi connectivity index (χ0) is 10.7. The molecule has 15 heavy (non-hydrogen) atoms. The second kappa shape index (κ2) is 4.57. The van der Waals surface area contributed by atoms with Crippen molar-refractivity contribution in [1.82, 2.24) is 15.3 Å². The monoisotopic (exact) mass is 206 g/mol. The van der Waals surface area contributed by atoms with Crippen molar-refractivity contribution in [3.05, 3.63) is 18.1 Å². The molecule has 1 saturated heterocycles. The molecule has 0 amide bonds. The molecule has 0 bridgehead atoms. The number of aryl methyl sites for hydroxylation is 1. The average Bonchev–Trinajstić information content (AvgIpc) is 2.30. The predicted molar refractivity (Wildman–Crippen MR) is 61.1 cm³/mol. The summed E-state index contributed by atoms with van der Waals surface area (Å²) in [5.74, 6) is 1.01. The Morgan fingerprint density at radius 3 is 2.87 bits per heavy atom. The average molecular weight is 206 g/mol. The molecule has 0 saturated carbocycles. The van der Waals surface area contributed by atoms with Crippen LogP contribution in [-0.4, -0.2) is 36.1 Å². The van der Waals surface area contributed by atoms with E-state index in [9.17, 15) is 0 Å². The summed E-state index contributed by atoms with van der Waals surface area (Å²) in [6.07, 6.45) is 5.98. The normalized spacial score (nSPS) is 21.3. The summed E-state index contributed by atoms with van der Waals surface area (Å²) in [6, 6.07) is 0.550. The minimum atomic E-state index is 0.550. The van der Waals surface area contributed by atoms with Gasteiger partial charge in [-0.3, -0.25) is 4.98 Å². The standard InChI is InChI=1S/C11H18N4/c1-9-11(14-7-6-13-9)15(2)10-4-3-5-12-8-10/h6-7,10,12H,3-5,8H2,1-2H3/t10-/m1/s1. The number of hydrogen-bond donors (Lipinski definition) is 1. The molecule has 1 aromatic rings. The highest BCUT2D eigenvalue weighted by Gasteiger charge is 2.19. The van der Waals surface area contributed by atoms with Crippen LogP contribution in [0.1, 0.15) is 18.5 Å². The van der Waals surface area contributed by atoms with Gasteiger partial charge in [-0.1, -0.05) is 0 Å². The van der Waals surface area contributed by atoms with Crippen LogP contribution in [0.5, 0.6) is 0 Å². The lowest BCUT2D eigenvalue weighted by atomic mass is 10.1. The molecular formula is C11H18N4. The summed E-state index contributed by atoms with van der Waals surface area (Å²) in [5.41, 5.74) is 1.01. The van der Waals surface area contributed by atoms with Crippen molar-refractivity contribution in [2.45, 2.75) is 25.8 Å². The third kappa shape index (κ3) is 2.26. The SMILES string of the molecule is Cc1nccnc1N(C)[C@@H]1CCCNC1. The van der Waals surface area contributed by atoms with Crippen LogP contribution in [-0.2, 0) is 0 Å². The second-order valence-electron chi connectivity index (χ2n) is 4.08. The third-order valence-electron chi connectivity index (χ3n) is 3.01. The molecule has 4 nitrogen and oxygen atoms in total. The molecule has 1 atom stereocenters. The van der Waals surface area contributed by atoms with Gasteiger partial charge in [0.1, 0.15) is 5.82 Å². The van der Waals surface area contributed by atoms with Crippen molar-refractivity contribution in [3.8, 4) is 0 Å². The summed E-state index contributed by atoms with van der Waals surface area (Å²) < 4.78 is 0. The summed E-state index contributed by atoms with van der Waals surface area (Å²) in [6.45, 7) is 4.20. The van der Waals surface area contributed by atoms with Crippen LogP contribution in [0.25, 0.3) is 0 Å². The van der Waals surface area contributed by atoms with E-state index in [0.717, 1.165) is 24.6 Å². The van der Waals surface area contributed by atoms with E-state index in [4.69, 9.17) is 0 Å². The molecule has 1 aromatic heterocycles. The maximum Gasteiger partial charge on any atom is 0.150 e. The molecule has 2 heterocycles. The fourth-order valence-electron chi connectivity index (χ4n) is 2.08. The summed E-state index contributed by atoms with van der Waals surface area (Å²) in [4.78, 5) is 10.9. The Labute approximate surface area is 90.7 Å². The molecule has 0 aliphatic carbocycles. The van der Waals surface area contributed by atoms with E-state index < -0.39 is 0 Å². The maximum atomic E-state index is 4.39. The van der Waals surface area contributed by atoms with Crippen molar-refractivity contribution in [3.63, 3.8) is 0 Å². The molecule has 0 spiro atoms. The maximum absolute atomic E-state index is 4.39. The van der Waals surface area contributed by atoms with E-state index >= 15 is 0 Å². The van der Waals surface area contributed by atoms with Gasteiger partial charge in [-0.2, -0.15) is 0 Å². The van der Waals surface area contributed by atoms with Crippen molar-refractivity contribution in [2.24, 2.45) is 0 Å². The van der Waals surface area contributed by atoms with E-state index in [0.29, 0.717) is 6.04 Å². The van der Waals surface area contributed by atoms with Gasteiger partial charge in [0.05, 0.1) is 5.69 Å². The van der Waals surface area contributed by atoms with Gasteiger partial charge in [0.15, 0.2) is 0 Å². The Balaban J connectivity index is 2.12. The van der Waals surface area contributed by atoms with E-state index in [1.54, 1.807) is 12.4 Å². The topological polar surface area (TPSA) is 41.1 Å². The van der Waals surface area contributed by atoms with Gasteiger partial charge in [-0.15, -0.1) is 0 Å². The van der Waals surface area contributed by atoms with Crippen molar-refractivity contribution in [2.75, 3.05) is 25.0 Å². The van der Waals surface area contributed by atoms with Crippen LogP contribution >= 0.6 is 0 Å². The summed E-state index contributed by atoms with van der Waals surface area (Å²) in [5, 5.41) is 3.42. The minimum absolute atomic E-state index is 0.550. The smallest absolute Gasteiger partial charge is 0.150 e. The second-order valence-corrected chi connectivity index (χ2v) is 4.08. The summed E-state index contributed by atoms with van der Waals surface area (Å²) >= 11 is 0. The fourth-order valence-corrected chi connectivity index (χ4v) is 2.08. The van der Waals surface area contributed by atoms with Gasteiger partial charge in [0.25, 0.3) is 0 Å². The number of nitrogens with one attached hydrogen (secondary N) is 1. The Bertz CT molecular complexity index is 320. The van der Waals surface area contributed by atoms with Crippen LogP contribution in [0.4, 0.5) is 5.82 Å². The summed E-state index contributed by atoms with van der Waals surface area (Å²) in [7, 11) is 2.11. The van der Waals surface area contributed by atoms with Crippen molar-refractivity contribution in [1.29, 1.82) is 0 Å². The Morgan fingerprint density at radius 2 is 2.20 bits per heavy atom. The van der Waals surface area contributed by atoms with Gasteiger partial charge >= 0.3 is 0 Å². The number of likely N-dealkylation sites (N-methyl/N-ethyl adjacent to an activating group) is 1. The first-order valence-corrected chi connectivity index (χ1v) is 5.50. The first-order valence-electron chi connectivity index (χ1n) is 5.50. The molecule has 1 fully saturated rings. The Morgan fingerprint density at radius 1 is 1.40 bits per heavy atom. The van der Waals surface area contributed by atoms with Gasteiger partial charge in [-0.25, -0.2) is 4.98 Å². The van der Waals surface area contributed by atoms with E-state index in [-0.39, 0.29) is 0 Å². The lowest BCUT2D eigenvalue weighted by Crippen LogP contribution is -2.44. The number of piperidine rings is 1. The molecule has 0 unspecified atom stereocenters.